The first kappa shape index (κ1) is 47.9. The molecule has 11 aromatic rings. The Morgan fingerprint density at radius 3 is 0.988 bits per heavy atom. The van der Waals surface area contributed by atoms with E-state index in [0.717, 1.165) is 22.7 Å². The van der Waals surface area contributed by atoms with Crippen molar-refractivity contribution >= 4 is 114 Å². The van der Waals surface area contributed by atoms with Crippen molar-refractivity contribution in [3.05, 3.63) is 263 Å². The van der Waals surface area contributed by atoms with Gasteiger partial charge >= 0.3 is 0 Å². The third kappa shape index (κ3) is 7.45. The van der Waals surface area contributed by atoms with E-state index >= 15 is 0 Å². The summed E-state index contributed by atoms with van der Waals surface area (Å²) in [7, 11) is 0. The van der Waals surface area contributed by atoms with Gasteiger partial charge < -0.3 is 19.6 Å². The summed E-state index contributed by atoms with van der Waals surface area (Å²) >= 11 is 0. The number of anilines is 12. The van der Waals surface area contributed by atoms with Crippen LogP contribution in [0.3, 0.4) is 0 Å². The van der Waals surface area contributed by atoms with Crippen LogP contribution in [0.5, 0.6) is 0 Å². The lowest BCUT2D eigenvalue weighted by Gasteiger charge is -2.47. The largest absolute Gasteiger partial charge is 0.311 e. The van der Waals surface area contributed by atoms with E-state index in [4.69, 9.17) is 0 Å². The van der Waals surface area contributed by atoms with Gasteiger partial charge in [0.25, 0.3) is 13.4 Å². The van der Waals surface area contributed by atoms with Crippen LogP contribution in [0, 0.1) is 55.4 Å². The molecule has 11 aromatic carbocycles. The zero-order chi connectivity index (χ0) is 54.2. The Hall–Kier alpha value is -9.25. The topological polar surface area (TPSA) is 13.0 Å². The summed E-state index contributed by atoms with van der Waals surface area (Å²) < 4.78 is 0. The van der Waals surface area contributed by atoms with Crippen LogP contribution < -0.4 is 52.4 Å². The lowest BCUT2D eigenvalue weighted by Crippen LogP contribution is -2.65. The van der Waals surface area contributed by atoms with E-state index in [0.29, 0.717) is 0 Å². The number of rotatable bonds is 6. The summed E-state index contributed by atoms with van der Waals surface area (Å²) in [5, 5.41) is 0. The van der Waals surface area contributed by atoms with Gasteiger partial charge in [-0.3, -0.25) is 0 Å². The molecule has 0 radical (unpaired) electrons. The minimum absolute atomic E-state index is 0.0887. The highest BCUT2D eigenvalue weighted by Crippen LogP contribution is 2.51. The quantitative estimate of drug-likeness (QED) is 0.154. The van der Waals surface area contributed by atoms with E-state index < -0.39 is 0 Å². The van der Waals surface area contributed by atoms with Crippen LogP contribution in [0.15, 0.2) is 218 Å². The third-order valence-corrected chi connectivity index (χ3v) is 17.6. The molecular formula is C74H60B2N4. The molecule has 0 amide bonds. The third-order valence-electron chi connectivity index (χ3n) is 17.6. The predicted molar refractivity (Wildman–Crippen MR) is 343 cm³/mol. The molecule has 382 valence electrons. The van der Waals surface area contributed by atoms with Gasteiger partial charge in [-0.15, -0.1) is 0 Å². The number of fused-ring (bicyclic) bond motifs is 8. The van der Waals surface area contributed by atoms with Gasteiger partial charge in [0.1, 0.15) is 0 Å². The van der Waals surface area contributed by atoms with Crippen LogP contribution in [0.2, 0.25) is 0 Å². The highest BCUT2D eigenvalue weighted by Gasteiger charge is 2.49. The van der Waals surface area contributed by atoms with Crippen molar-refractivity contribution in [1.82, 2.24) is 0 Å². The van der Waals surface area contributed by atoms with Gasteiger partial charge in [0.05, 0.1) is 0 Å². The van der Waals surface area contributed by atoms with Crippen LogP contribution in [0.1, 0.15) is 44.5 Å². The first-order chi connectivity index (χ1) is 38.9. The van der Waals surface area contributed by atoms with Gasteiger partial charge in [0.15, 0.2) is 0 Å². The smallest absolute Gasteiger partial charge is 0.252 e. The van der Waals surface area contributed by atoms with Gasteiger partial charge in [-0.1, -0.05) is 172 Å². The highest BCUT2D eigenvalue weighted by molar-refractivity contribution is 7.03. The van der Waals surface area contributed by atoms with Crippen LogP contribution in [-0.4, -0.2) is 13.4 Å². The molecule has 0 unspecified atom stereocenters. The monoisotopic (exact) mass is 1030 g/mol. The first-order valence-electron chi connectivity index (χ1n) is 28.3. The fraction of sp³-hybridized carbons (Fsp3) is 0.108. The lowest BCUT2D eigenvalue weighted by atomic mass is 9.30. The molecule has 4 aliphatic rings. The highest BCUT2D eigenvalue weighted by atomic mass is 15.2. The van der Waals surface area contributed by atoms with Crippen molar-refractivity contribution in [3.63, 3.8) is 0 Å². The minimum Gasteiger partial charge on any atom is -0.311 e. The second kappa shape index (κ2) is 18.2. The molecule has 4 nitrogen and oxygen atoms in total. The molecule has 6 heteroatoms. The molecule has 0 bridgehead atoms. The van der Waals surface area contributed by atoms with E-state index in [1.54, 1.807) is 0 Å². The number of hydrogen-bond acceptors (Lipinski definition) is 4. The lowest BCUT2D eigenvalue weighted by molar-refractivity contribution is 1.23. The maximum absolute atomic E-state index is 2.66. The summed E-state index contributed by atoms with van der Waals surface area (Å²) in [5.74, 6) is 0. The Labute approximate surface area is 472 Å². The van der Waals surface area contributed by atoms with E-state index in [1.165, 1.54) is 145 Å². The van der Waals surface area contributed by atoms with Gasteiger partial charge in [-0.25, -0.2) is 0 Å². The fourth-order valence-corrected chi connectivity index (χ4v) is 13.5. The number of nitrogens with zero attached hydrogens (tertiary/aromatic N) is 4. The Bertz CT molecular complexity index is 4320. The van der Waals surface area contributed by atoms with Gasteiger partial charge in [-0.2, -0.15) is 0 Å². The summed E-state index contributed by atoms with van der Waals surface area (Å²) in [6, 6.07) is 84.1. The Morgan fingerprint density at radius 2 is 0.562 bits per heavy atom. The molecule has 0 aliphatic carbocycles. The second-order valence-corrected chi connectivity index (χ2v) is 23.2. The molecule has 0 N–H and O–H groups in total. The van der Waals surface area contributed by atoms with Gasteiger partial charge in [0.2, 0.25) is 0 Å². The van der Waals surface area contributed by atoms with Gasteiger partial charge in [-0.05, 0) is 201 Å². The molecule has 4 heterocycles. The van der Waals surface area contributed by atoms with Crippen LogP contribution in [0.25, 0.3) is 22.3 Å². The zero-order valence-electron chi connectivity index (χ0n) is 46.7. The Balaban J connectivity index is 1.09. The van der Waals surface area contributed by atoms with Crippen molar-refractivity contribution < 1.29 is 0 Å². The maximum atomic E-state index is 2.66. The van der Waals surface area contributed by atoms with Crippen LogP contribution >= 0.6 is 0 Å². The standard InChI is InChI=1S/C74H60B2N4/c1-45-12-25-53(26-13-45)55-39-68-73-69(40-55)79(59-33-20-49(5)21-34-59)66-44-67-63(43-62(66)75(73)61-38-51(7)24-37-64(61)77(68)57-29-16-47(3)17-30-57)76-72-52(8)10-9-11-65(72)78(58-31-18-48(4)19-32-58)70-41-56(54-27-14-46(2)15-28-54)42-71(74(70)76)80(67)60-35-22-50(6)23-36-60/h9-44H,1-8H3. The first-order valence-corrected chi connectivity index (χ1v) is 28.3. The van der Waals surface area contributed by atoms with Crippen molar-refractivity contribution in [2.75, 3.05) is 19.6 Å². The van der Waals surface area contributed by atoms with E-state index in [2.05, 4.69) is 293 Å². The Morgan fingerprint density at radius 1 is 0.225 bits per heavy atom. The molecule has 4 aliphatic heterocycles. The number of hydrogen-bond donors (Lipinski definition) is 0. The van der Waals surface area contributed by atoms with Crippen molar-refractivity contribution in [3.8, 4) is 22.3 Å². The second-order valence-electron chi connectivity index (χ2n) is 23.2. The molecule has 0 atom stereocenters. The average Bonchev–Trinajstić information content (AvgIpc) is 3.65. The number of benzene rings is 11. The molecule has 0 saturated heterocycles. The van der Waals surface area contributed by atoms with Crippen molar-refractivity contribution in [1.29, 1.82) is 0 Å². The van der Waals surface area contributed by atoms with Crippen molar-refractivity contribution in [2.45, 2.75) is 55.4 Å². The van der Waals surface area contributed by atoms with E-state index in [-0.39, 0.29) is 13.4 Å². The predicted octanol–water partition coefficient (Wildman–Crippen LogP) is 15.7. The Kier molecular flexibility index (Phi) is 10.9. The normalized spacial score (nSPS) is 13.3. The molecular weight excluding hydrogens is 966 g/mol. The molecule has 0 fully saturated rings. The number of aryl methyl sites for hydroxylation is 8. The molecule has 80 heavy (non-hydrogen) atoms. The molecule has 15 rings (SSSR count). The SMILES string of the molecule is Cc1ccc(-c2cc3c4c(c2)N(c2ccc(C)cc2)c2cc5c(cc2B4c2cc(C)ccc2N3c2ccc(C)cc2)B2c3c(C)cccc3N(c3ccc(C)cc3)c3cc(-c4ccc(C)cc4)cc(c32)N5c2ccc(C)cc2)cc1. The van der Waals surface area contributed by atoms with E-state index in [9.17, 15) is 0 Å². The summed E-state index contributed by atoms with van der Waals surface area (Å²) in [5.41, 5.74) is 36.8. The summed E-state index contributed by atoms with van der Waals surface area (Å²) in [6.45, 7) is 17.5. The summed E-state index contributed by atoms with van der Waals surface area (Å²) in [6.07, 6.45) is 0. The minimum atomic E-state index is -0.0905. The summed E-state index contributed by atoms with van der Waals surface area (Å²) in [4.78, 5) is 10.3. The maximum Gasteiger partial charge on any atom is 0.252 e. The fourth-order valence-electron chi connectivity index (χ4n) is 13.5. The van der Waals surface area contributed by atoms with Crippen molar-refractivity contribution in [2.24, 2.45) is 0 Å². The van der Waals surface area contributed by atoms with Crippen LogP contribution in [-0.2, 0) is 0 Å². The molecule has 0 aromatic heterocycles. The zero-order valence-corrected chi connectivity index (χ0v) is 46.7. The molecule has 0 spiro atoms. The van der Waals surface area contributed by atoms with Gasteiger partial charge in [0, 0.05) is 68.2 Å². The molecule has 0 saturated carbocycles. The van der Waals surface area contributed by atoms with Crippen LogP contribution in [0.4, 0.5) is 68.2 Å². The average molecular weight is 1030 g/mol. The van der Waals surface area contributed by atoms with E-state index in [1.807, 2.05) is 0 Å².